The van der Waals surface area contributed by atoms with E-state index in [2.05, 4.69) is 20.8 Å². The van der Waals surface area contributed by atoms with E-state index in [0.717, 1.165) is 38.5 Å². The van der Waals surface area contributed by atoms with Gasteiger partial charge in [-0.2, -0.15) is 0 Å². The third-order valence-corrected chi connectivity index (χ3v) is 4.88. The van der Waals surface area contributed by atoms with Crippen molar-refractivity contribution in [2.75, 3.05) is 40.1 Å². The molecule has 0 aliphatic carbocycles. The summed E-state index contributed by atoms with van der Waals surface area (Å²) in [4.78, 5) is 0. The summed E-state index contributed by atoms with van der Waals surface area (Å²) in [6.07, 6.45) is 2.69. The standard InChI is InChI=1S/C20H40O7/c1-5-8-11-24-14-16-17(25-12-9-6-2)20(22,15-21)18(19(23-4)27-16)26-13-10-7-3/h16-19,21-22H,5-15H2,1-4H3/t16?,17-,18?,19+,20?/m0/s1. The largest absolute Gasteiger partial charge is 0.393 e. The fourth-order valence-electron chi connectivity index (χ4n) is 3.15. The molecule has 5 atom stereocenters. The molecule has 7 heteroatoms. The van der Waals surface area contributed by atoms with Gasteiger partial charge in [-0.1, -0.05) is 40.0 Å². The zero-order chi connectivity index (χ0) is 20.1. The number of rotatable bonds is 15. The quantitative estimate of drug-likeness (QED) is 0.413. The van der Waals surface area contributed by atoms with Crippen molar-refractivity contribution in [3.63, 3.8) is 0 Å². The monoisotopic (exact) mass is 392 g/mol. The van der Waals surface area contributed by atoms with Crippen LogP contribution in [0, 0.1) is 0 Å². The Bertz CT molecular complexity index is 368. The van der Waals surface area contributed by atoms with Gasteiger partial charge in [0, 0.05) is 26.9 Å². The second-order valence-electron chi connectivity index (χ2n) is 7.15. The molecule has 3 unspecified atom stereocenters. The molecule has 27 heavy (non-hydrogen) atoms. The fourth-order valence-corrected chi connectivity index (χ4v) is 3.15. The molecule has 162 valence electrons. The molecular formula is C20H40O7. The molecule has 0 aromatic heterocycles. The number of aliphatic hydroxyl groups excluding tert-OH is 1. The van der Waals surface area contributed by atoms with Crippen molar-refractivity contribution in [3.05, 3.63) is 0 Å². The van der Waals surface area contributed by atoms with E-state index in [1.165, 1.54) is 7.11 Å². The van der Waals surface area contributed by atoms with E-state index in [1.807, 2.05) is 0 Å². The third-order valence-electron chi connectivity index (χ3n) is 4.88. The summed E-state index contributed by atoms with van der Waals surface area (Å²) in [6, 6.07) is 0. The van der Waals surface area contributed by atoms with Crippen molar-refractivity contribution in [1.82, 2.24) is 0 Å². The molecule has 0 amide bonds. The van der Waals surface area contributed by atoms with E-state index >= 15 is 0 Å². The molecule has 1 fully saturated rings. The van der Waals surface area contributed by atoms with Crippen molar-refractivity contribution in [1.29, 1.82) is 0 Å². The van der Waals surface area contributed by atoms with Crippen LogP contribution in [-0.4, -0.2) is 80.6 Å². The highest BCUT2D eigenvalue weighted by molar-refractivity contribution is 5.03. The zero-order valence-corrected chi connectivity index (χ0v) is 17.5. The van der Waals surface area contributed by atoms with Gasteiger partial charge in [0.2, 0.25) is 0 Å². The maximum Gasteiger partial charge on any atom is 0.186 e. The second kappa shape index (κ2) is 13.8. The van der Waals surface area contributed by atoms with Crippen molar-refractivity contribution in [2.45, 2.75) is 89.5 Å². The van der Waals surface area contributed by atoms with Crippen LogP contribution < -0.4 is 0 Å². The molecule has 0 saturated carbocycles. The minimum atomic E-state index is -1.63. The van der Waals surface area contributed by atoms with Crippen LogP contribution in [0.15, 0.2) is 0 Å². The molecule has 0 aromatic carbocycles. The average molecular weight is 393 g/mol. The lowest BCUT2D eigenvalue weighted by molar-refractivity contribution is -0.348. The van der Waals surface area contributed by atoms with Crippen molar-refractivity contribution < 1.29 is 33.9 Å². The Morgan fingerprint density at radius 1 is 0.889 bits per heavy atom. The number of aliphatic hydroxyl groups is 2. The average Bonchev–Trinajstić information content (AvgIpc) is 2.68. The minimum absolute atomic E-state index is 0.265. The third kappa shape index (κ3) is 7.24. The molecule has 7 nitrogen and oxygen atoms in total. The smallest absolute Gasteiger partial charge is 0.186 e. The van der Waals surface area contributed by atoms with Gasteiger partial charge in [-0.15, -0.1) is 0 Å². The van der Waals surface area contributed by atoms with Gasteiger partial charge in [0.15, 0.2) is 6.29 Å². The molecule has 1 heterocycles. The predicted molar refractivity (Wildman–Crippen MR) is 103 cm³/mol. The lowest BCUT2D eigenvalue weighted by Crippen LogP contribution is -2.70. The van der Waals surface area contributed by atoms with Crippen LogP contribution >= 0.6 is 0 Å². The summed E-state index contributed by atoms with van der Waals surface area (Å²) in [5.41, 5.74) is -1.63. The molecule has 2 N–H and O–H groups in total. The van der Waals surface area contributed by atoms with Crippen LogP contribution in [0.25, 0.3) is 0 Å². The van der Waals surface area contributed by atoms with Gasteiger partial charge in [0.1, 0.15) is 23.9 Å². The molecule has 0 radical (unpaired) electrons. The molecular weight excluding hydrogens is 352 g/mol. The Kier molecular flexibility index (Phi) is 12.7. The first kappa shape index (κ1) is 24.8. The summed E-state index contributed by atoms with van der Waals surface area (Å²) in [5, 5.41) is 21.4. The molecule has 1 saturated heterocycles. The second-order valence-corrected chi connectivity index (χ2v) is 7.15. The summed E-state index contributed by atoms with van der Waals surface area (Å²) in [7, 11) is 1.51. The van der Waals surface area contributed by atoms with Gasteiger partial charge in [-0.3, -0.25) is 0 Å². The molecule has 0 aromatic rings. The maximum atomic E-state index is 11.4. The van der Waals surface area contributed by atoms with Gasteiger partial charge in [-0.25, -0.2) is 0 Å². The van der Waals surface area contributed by atoms with Crippen LogP contribution in [-0.2, 0) is 23.7 Å². The topological polar surface area (TPSA) is 86.6 Å². The van der Waals surface area contributed by atoms with Crippen molar-refractivity contribution in [3.8, 4) is 0 Å². The van der Waals surface area contributed by atoms with Crippen LogP contribution in [0.1, 0.15) is 59.3 Å². The first-order chi connectivity index (χ1) is 13.1. The van der Waals surface area contributed by atoms with Gasteiger partial charge in [-0.05, 0) is 19.3 Å². The summed E-state index contributed by atoms with van der Waals surface area (Å²) in [5.74, 6) is 0. The Morgan fingerprint density at radius 3 is 1.96 bits per heavy atom. The highest BCUT2D eigenvalue weighted by Crippen LogP contribution is 2.35. The van der Waals surface area contributed by atoms with Crippen LogP contribution in [0.2, 0.25) is 0 Å². The van der Waals surface area contributed by atoms with E-state index < -0.39 is 36.8 Å². The highest BCUT2D eigenvalue weighted by Gasteiger charge is 2.57. The zero-order valence-electron chi connectivity index (χ0n) is 17.5. The number of hydrogen-bond donors (Lipinski definition) is 2. The van der Waals surface area contributed by atoms with Crippen LogP contribution in [0.4, 0.5) is 0 Å². The Labute approximate surface area is 164 Å². The number of ether oxygens (including phenoxy) is 5. The molecule has 1 aliphatic heterocycles. The van der Waals surface area contributed by atoms with Gasteiger partial charge in [0.25, 0.3) is 0 Å². The summed E-state index contributed by atoms with van der Waals surface area (Å²) >= 11 is 0. The van der Waals surface area contributed by atoms with Crippen LogP contribution in [0.5, 0.6) is 0 Å². The lowest BCUT2D eigenvalue weighted by atomic mass is 9.84. The van der Waals surface area contributed by atoms with E-state index in [1.54, 1.807) is 0 Å². The predicted octanol–water partition coefficient (Wildman–Crippen LogP) is 2.27. The van der Waals surface area contributed by atoms with E-state index in [4.69, 9.17) is 23.7 Å². The maximum absolute atomic E-state index is 11.4. The van der Waals surface area contributed by atoms with E-state index in [9.17, 15) is 10.2 Å². The molecule has 0 bridgehead atoms. The fraction of sp³-hybridized carbons (Fsp3) is 1.00. The first-order valence-corrected chi connectivity index (χ1v) is 10.4. The van der Waals surface area contributed by atoms with Gasteiger partial charge >= 0.3 is 0 Å². The molecule has 1 aliphatic rings. The van der Waals surface area contributed by atoms with Gasteiger partial charge < -0.3 is 33.9 Å². The minimum Gasteiger partial charge on any atom is -0.393 e. The summed E-state index contributed by atoms with van der Waals surface area (Å²) < 4.78 is 29.0. The van der Waals surface area contributed by atoms with Gasteiger partial charge in [0.05, 0.1) is 13.2 Å². The highest BCUT2D eigenvalue weighted by atomic mass is 16.7. The van der Waals surface area contributed by atoms with E-state index in [-0.39, 0.29) is 6.61 Å². The number of unbranched alkanes of at least 4 members (excludes halogenated alkanes) is 3. The van der Waals surface area contributed by atoms with Crippen LogP contribution in [0.3, 0.4) is 0 Å². The molecule has 1 rings (SSSR count). The van der Waals surface area contributed by atoms with E-state index in [0.29, 0.717) is 19.8 Å². The first-order valence-electron chi connectivity index (χ1n) is 10.4. The Morgan fingerprint density at radius 2 is 1.44 bits per heavy atom. The number of hydrogen-bond acceptors (Lipinski definition) is 7. The Hall–Kier alpha value is -0.280. The molecule has 0 spiro atoms. The lowest BCUT2D eigenvalue weighted by Gasteiger charge is -2.50. The van der Waals surface area contributed by atoms with Crippen molar-refractivity contribution >= 4 is 0 Å². The number of methoxy groups -OCH3 is 1. The normalized spacial score (nSPS) is 31.3. The summed E-state index contributed by atoms with van der Waals surface area (Å²) in [6.45, 7) is 7.53. The van der Waals surface area contributed by atoms with Crippen molar-refractivity contribution in [2.24, 2.45) is 0 Å². The Balaban J connectivity index is 2.95. The SMILES string of the molecule is CCCCOCC1O[C@@H](OC)C(OCCCC)C(O)(CO)[C@H]1OCCCC.